The molecule has 0 atom stereocenters. The molecule has 0 saturated heterocycles. The van der Waals surface area contributed by atoms with Crippen LogP contribution in [0.1, 0.15) is 5.56 Å². The SMILES string of the molecule is O=[N+]([O-])c1cccc(N(Cc2ccc(Cl)cc2Cl)C(F)(F)F)c1. The van der Waals surface area contributed by atoms with Crippen LogP contribution >= 0.6 is 23.2 Å². The van der Waals surface area contributed by atoms with Crippen molar-refractivity contribution < 1.29 is 18.1 Å². The van der Waals surface area contributed by atoms with Crippen molar-refractivity contribution in [1.29, 1.82) is 0 Å². The second-order valence-corrected chi connectivity index (χ2v) is 5.41. The normalized spacial score (nSPS) is 11.3. The van der Waals surface area contributed by atoms with Gasteiger partial charge in [0, 0.05) is 22.2 Å². The Hall–Kier alpha value is -1.99. The molecule has 0 radical (unpaired) electrons. The van der Waals surface area contributed by atoms with Crippen molar-refractivity contribution >= 4 is 34.6 Å². The standard InChI is InChI=1S/C14H9Cl2F3N2O2/c15-10-5-4-9(13(16)6-10)8-20(14(17,18)19)11-2-1-3-12(7-11)21(22)23/h1-7H,8H2. The molecular weight excluding hydrogens is 356 g/mol. The minimum Gasteiger partial charge on any atom is -0.279 e. The molecular formula is C14H9Cl2F3N2O2. The largest absolute Gasteiger partial charge is 0.485 e. The Bertz CT molecular complexity index is 738. The van der Waals surface area contributed by atoms with E-state index in [4.69, 9.17) is 23.2 Å². The predicted molar refractivity (Wildman–Crippen MR) is 81.8 cm³/mol. The molecule has 0 amide bonds. The lowest BCUT2D eigenvalue weighted by Crippen LogP contribution is -2.37. The van der Waals surface area contributed by atoms with Crippen molar-refractivity contribution in [3.8, 4) is 0 Å². The Balaban J connectivity index is 2.42. The second-order valence-electron chi connectivity index (χ2n) is 4.57. The van der Waals surface area contributed by atoms with Gasteiger partial charge in [0.05, 0.1) is 17.2 Å². The molecule has 0 unspecified atom stereocenters. The lowest BCUT2D eigenvalue weighted by Gasteiger charge is -2.27. The first-order valence-corrected chi connectivity index (χ1v) is 6.97. The molecule has 0 N–H and O–H groups in total. The summed E-state index contributed by atoms with van der Waals surface area (Å²) in [6.45, 7) is -0.597. The van der Waals surface area contributed by atoms with Gasteiger partial charge in [0.15, 0.2) is 0 Å². The minimum absolute atomic E-state index is 0.0785. The summed E-state index contributed by atoms with van der Waals surface area (Å²) >= 11 is 11.6. The molecule has 4 nitrogen and oxygen atoms in total. The van der Waals surface area contributed by atoms with Gasteiger partial charge in [-0.15, -0.1) is 0 Å². The Labute approximate surface area is 139 Å². The van der Waals surface area contributed by atoms with E-state index >= 15 is 0 Å². The zero-order chi connectivity index (χ0) is 17.2. The van der Waals surface area contributed by atoms with Crippen LogP contribution < -0.4 is 4.90 Å². The molecule has 0 heterocycles. The van der Waals surface area contributed by atoms with Gasteiger partial charge in [0.1, 0.15) is 0 Å². The molecule has 122 valence electrons. The van der Waals surface area contributed by atoms with E-state index in [0.29, 0.717) is 5.02 Å². The fourth-order valence-corrected chi connectivity index (χ4v) is 2.39. The molecule has 0 fully saturated rings. The molecule has 0 aliphatic rings. The number of nitro benzene ring substituents is 1. The maximum atomic E-state index is 13.3. The molecule has 0 aromatic heterocycles. The molecule has 2 aromatic rings. The van der Waals surface area contributed by atoms with Crippen LogP contribution in [0.3, 0.4) is 0 Å². The highest BCUT2D eigenvalue weighted by Gasteiger charge is 2.38. The third-order valence-electron chi connectivity index (χ3n) is 3.00. The zero-order valence-corrected chi connectivity index (χ0v) is 12.9. The van der Waals surface area contributed by atoms with E-state index in [2.05, 4.69) is 0 Å². The van der Waals surface area contributed by atoms with Gasteiger partial charge in [-0.3, -0.25) is 15.0 Å². The average Bonchev–Trinajstić information content (AvgIpc) is 2.45. The fraction of sp³-hybridized carbons (Fsp3) is 0.143. The van der Waals surface area contributed by atoms with Crippen molar-refractivity contribution in [2.45, 2.75) is 12.8 Å². The van der Waals surface area contributed by atoms with Crippen LogP contribution in [-0.2, 0) is 6.54 Å². The van der Waals surface area contributed by atoms with Crippen LogP contribution in [0.15, 0.2) is 42.5 Å². The number of alkyl halides is 3. The van der Waals surface area contributed by atoms with Gasteiger partial charge in [-0.25, -0.2) is 0 Å². The molecule has 0 aliphatic heterocycles. The predicted octanol–water partition coefficient (Wildman–Crippen LogP) is 5.43. The minimum atomic E-state index is -4.74. The van der Waals surface area contributed by atoms with E-state index in [9.17, 15) is 23.3 Å². The molecule has 2 aromatic carbocycles. The van der Waals surface area contributed by atoms with Crippen molar-refractivity contribution in [3.63, 3.8) is 0 Å². The van der Waals surface area contributed by atoms with E-state index in [-0.39, 0.29) is 21.2 Å². The Morgan fingerprint density at radius 3 is 2.39 bits per heavy atom. The first kappa shape index (κ1) is 17.4. The van der Waals surface area contributed by atoms with E-state index in [1.807, 2.05) is 0 Å². The third kappa shape index (κ3) is 4.27. The van der Waals surface area contributed by atoms with Gasteiger partial charge >= 0.3 is 6.30 Å². The van der Waals surface area contributed by atoms with Crippen LogP contribution in [0.4, 0.5) is 24.5 Å². The van der Waals surface area contributed by atoms with Gasteiger partial charge in [0.25, 0.3) is 5.69 Å². The fourth-order valence-electron chi connectivity index (χ4n) is 1.92. The summed E-state index contributed by atoms with van der Waals surface area (Å²) in [6.07, 6.45) is -4.74. The number of hydrogen-bond acceptors (Lipinski definition) is 3. The third-order valence-corrected chi connectivity index (χ3v) is 3.59. The highest BCUT2D eigenvalue weighted by molar-refractivity contribution is 6.35. The Morgan fingerprint density at radius 2 is 1.83 bits per heavy atom. The summed E-state index contributed by atoms with van der Waals surface area (Å²) in [7, 11) is 0. The molecule has 23 heavy (non-hydrogen) atoms. The Morgan fingerprint density at radius 1 is 1.13 bits per heavy atom. The quantitative estimate of drug-likeness (QED) is 0.413. The summed E-state index contributed by atoms with van der Waals surface area (Å²) in [5.41, 5.74) is -0.587. The van der Waals surface area contributed by atoms with E-state index in [0.717, 1.165) is 18.2 Å². The molecule has 0 saturated carbocycles. The van der Waals surface area contributed by atoms with Gasteiger partial charge < -0.3 is 0 Å². The smallest absolute Gasteiger partial charge is 0.279 e. The molecule has 0 bridgehead atoms. The number of anilines is 1. The highest BCUT2D eigenvalue weighted by atomic mass is 35.5. The topological polar surface area (TPSA) is 46.4 Å². The molecule has 0 aliphatic carbocycles. The van der Waals surface area contributed by atoms with Crippen LogP contribution in [0.2, 0.25) is 10.0 Å². The number of non-ortho nitro benzene ring substituents is 1. The lowest BCUT2D eigenvalue weighted by atomic mass is 10.2. The van der Waals surface area contributed by atoms with Crippen molar-refractivity contribution in [1.82, 2.24) is 0 Å². The van der Waals surface area contributed by atoms with Gasteiger partial charge in [-0.1, -0.05) is 35.3 Å². The molecule has 0 spiro atoms. The number of nitro groups is 1. The summed E-state index contributed by atoms with van der Waals surface area (Å²) in [6, 6.07) is 8.44. The first-order chi connectivity index (χ1) is 10.7. The van der Waals surface area contributed by atoms with Crippen molar-refractivity contribution in [2.24, 2.45) is 0 Å². The molecule has 2 rings (SSSR count). The average molecular weight is 365 g/mol. The second kappa shape index (κ2) is 6.64. The lowest BCUT2D eigenvalue weighted by molar-refractivity contribution is -0.384. The Kier molecular flexibility index (Phi) is 5.01. The highest BCUT2D eigenvalue weighted by Crippen LogP contribution is 2.34. The summed E-state index contributed by atoms with van der Waals surface area (Å²) in [5.74, 6) is 0. The van der Waals surface area contributed by atoms with Crippen LogP contribution in [0.5, 0.6) is 0 Å². The zero-order valence-electron chi connectivity index (χ0n) is 11.3. The first-order valence-electron chi connectivity index (χ1n) is 6.21. The van der Waals surface area contributed by atoms with Crippen molar-refractivity contribution in [3.05, 3.63) is 68.2 Å². The van der Waals surface area contributed by atoms with E-state index in [1.54, 1.807) is 0 Å². The maximum Gasteiger partial charge on any atom is 0.485 e. The molecule has 9 heteroatoms. The number of hydrogen-bond donors (Lipinski definition) is 0. The van der Waals surface area contributed by atoms with Crippen LogP contribution in [0.25, 0.3) is 0 Å². The number of benzene rings is 2. The van der Waals surface area contributed by atoms with Crippen LogP contribution in [-0.4, -0.2) is 11.2 Å². The summed E-state index contributed by atoms with van der Waals surface area (Å²) in [5, 5.41) is 11.1. The monoisotopic (exact) mass is 364 g/mol. The van der Waals surface area contributed by atoms with Gasteiger partial charge in [0.2, 0.25) is 0 Å². The van der Waals surface area contributed by atoms with Gasteiger partial charge in [-0.2, -0.15) is 13.2 Å². The number of halogens is 5. The number of rotatable bonds is 4. The maximum absolute atomic E-state index is 13.3. The van der Waals surface area contributed by atoms with Crippen molar-refractivity contribution in [2.75, 3.05) is 4.90 Å². The number of nitrogens with zero attached hydrogens (tertiary/aromatic N) is 2. The van der Waals surface area contributed by atoms with Gasteiger partial charge in [-0.05, 0) is 23.8 Å². The summed E-state index contributed by atoms with van der Waals surface area (Å²) < 4.78 is 40.0. The van der Waals surface area contributed by atoms with E-state index in [1.165, 1.54) is 24.3 Å². The summed E-state index contributed by atoms with van der Waals surface area (Å²) in [4.78, 5) is 10.1. The van der Waals surface area contributed by atoms with Crippen LogP contribution in [0, 0.1) is 10.1 Å². The van der Waals surface area contributed by atoms with E-state index < -0.39 is 23.5 Å².